The molecule has 1 aliphatic carbocycles. The van der Waals surface area contributed by atoms with E-state index in [9.17, 15) is 50.5 Å². The minimum atomic E-state index is -3.91. The molecule has 8 rings (SSSR count). The summed E-state index contributed by atoms with van der Waals surface area (Å²) in [5, 5.41) is 32.5. The first-order valence-electron chi connectivity index (χ1n) is 16.7. The van der Waals surface area contributed by atoms with Crippen LogP contribution in [0.15, 0.2) is 89.6 Å². The van der Waals surface area contributed by atoms with E-state index in [-0.39, 0.29) is 76.1 Å². The fourth-order valence-electron chi connectivity index (χ4n) is 6.64. The van der Waals surface area contributed by atoms with Crippen LogP contribution in [0, 0.1) is 11.6 Å². The van der Waals surface area contributed by atoms with Crippen molar-refractivity contribution in [1.82, 2.24) is 19.4 Å². The number of sulfonamides is 2. The monoisotopic (exact) mass is 816 g/mol. The molecule has 4 heterocycles. The largest absolute Gasteiger partial charge is 0.505 e. The summed E-state index contributed by atoms with van der Waals surface area (Å²) in [5.74, 6) is -3.33. The van der Waals surface area contributed by atoms with E-state index >= 15 is 0 Å². The summed E-state index contributed by atoms with van der Waals surface area (Å²) < 4.78 is 80.9. The molecular formula is C38H30F2N6O9S2. The van der Waals surface area contributed by atoms with Gasteiger partial charge >= 0.3 is 0 Å². The van der Waals surface area contributed by atoms with Gasteiger partial charge in [0.15, 0.2) is 5.75 Å². The number of carbonyl (C=O) groups is 2. The lowest BCUT2D eigenvalue weighted by Crippen LogP contribution is -2.23. The highest BCUT2D eigenvalue weighted by Crippen LogP contribution is 2.44. The Kier molecular flexibility index (Phi) is 9.74. The summed E-state index contributed by atoms with van der Waals surface area (Å²) in [5.41, 5.74) is 1.40. The van der Waals surface area contributed by atoms with Gasteiger partial charge in [0.2, 0.25) is 27.6 Å². The number of amides is 1. The number of nitrogens with one attached hydrogen (secondary N) is 1. The molecule has 3 aromatic heterocycles. The molecule has 3 aromatic carbocycles. The Morgan fingerprint density at radius 2 is 1.35 bits per heavy atom. The van der Waals surface area contributed by atoms with Gasteiger partial charge in [-0.25, -0.2) is 25.6 Å². The molecule has 15 nitrogen and oxygen atoms in total. The second-order valence-corrected chi connectivity index (χ2v) is 16.5. The normalized spacial score (nSPS) is 14.2. The third-order valence-corrected chi connectivity index (χ3v) is 10.1. The molecule has 0 spiro atoms. The number of hydrogen-bond donors (Lipinski definition) is 4. The van der Waals surface area contributed by atoms with Crippen molar-refractivity contribution in [3.05, 3.63) is 141 Å². The SMILES string of the molecule is CS(=O)(=O)N=C1c2cccnc2C(=O)c2c1c(O)n(Cc1ccc(F)cc1)c2O.CS(=O)(=O)Nc1c2c(c(O)c3ncccc13)C(=O)N(Cc1ccc(F)cc1)C2. The van der Waals surface area contributed by atoms with Crippen LogP contribution in [0.3, 0.4) is 0 Å². The van der Waals surface area contributed by atoms with Gasteiger partial charge in [0.25, 0.3) is 15.9 Å². The molecule has 0 radical (unpaired) electrons. The van der Waals surface area contributed by atoms with Crippen molar-refractivity contribution in [3.8, 4) is 17.5 Å². The molecule has 0 atom stereocenters. The Hall–Kier alpha value is -6.73. The molecule has 6 aromatic rings. The van der Waals surface area contributed by atoms with Gasteiger partial charge < -0.3 is 20.2 Å². The van der Waals surface area contributed by atoms with Crippen LogP contribution < -0.4 is 4.72 Å². The number of aromatic nitrogens is 3. The quantitative estimate of drug-likeness (QED) is 0.165. The molecule has 0 saturated carbocycles. The molecule has 0 unspecified atom stereocenters. The molecule has 0 saturated heterocycles. The van der Waals surface area contributed by atoms with E-state index in [1.807, 2.05) is 0 Å². The molecule has 292 valence electrons. The van der Waals surface area contributed by atoms with Crippen LogP contribution in [0.4, 0.5) is 14.5 Å². The molecule has 4 N–H and O–H groups in total. The van der Waals surface area contributed by atoms with Gasteiger partial charge in [-0.05, 0) is 59.7 Å². The number of carbonyl (C=O) groups excluding carboxylic acids is 2. The Morgan fingerprint density at radius 1 is 0.772 bits per heavy atom. The zero-order valence-electron chi connectivity index (χ0n) is 29.8. The van der Waals surface area contributed by atoms with Crippen molar-refractivity contribution in [2.75, 3.05) is 17.2 Å². The number of anilines is 1. The van der Waals surface area contributed by atoms with Gasteiger partial charge in [-0.1, -0.05) is 24.3 Å². The standard InChI is InChI=1S/C19H14FN3O5S.C19H16FN3O4S/c1-29(27,28)22-15-12-3-2-8-21-16(12)17(24)14-13(15)18(25)23(19(14)26)9-10-4-6-11(20)7-5-10;1-28(26,27)22-16-13-3-2-8-21-17(13)18(24)15-14(16)10-23(19(15)25)9-11-4-6-12(20)7-5-11/h2-8,25-26H,9H2,1H3;2-8,22,24H,9-10H2,1H3. The van der Waals surface area contributed by atoms with Gasteiger partial charge in [-0.3, -0.25) is 28.8 Å². The summed E-state index contributed by atoms with van der Waals surface area (Å²) in [6, 6.07) is 17.3. The van der Waals surface area contributed by atoms with Gasteiger partial charge in [0, 0.05) is 42.0 Å². The van der Waals surface area contributed by atoms with Crippen molar-refractivity contribution in [3.63, 3.8) is 0 Å². The van der Waals surface area contributed by atoms with Crippen LogP contribution in [0.2, 0.25) is 0 Å². The van der Waals surface area contributed by atoms with E-state index in [1.165, 1.54) is 65.8 Å². The first kappa shape index (κ1) is 38.5. The smallest absolute Gasteiger partial charge is 0.258 e. The second kappa shape index (κ2) is 14.4. The molecule has 0 bridgehead atoms. The maximum Gasteiger partial charge on any atom is 0.258 e. The predicted octanol–water partition coefficient (Wildman–Crippen LogP) is 4.43. The van der Waals surface area contributed by atoms with Crippen LogP contribution in [0.5, 0.6) is 17.5 Å². The van der Waals surface area contributed by atoms with E-state index in [2.05, 4.69) is 19.1 Å². The average molecular weight is 817 g/mol. The number of aromatic hydroxyl groups is 3. The Balaban J connectivity index is 0.000000174. The molecular weight excluding hydrogens is 787 g/mol. The highest BCUT2D eigenvalue weighted by Gasteiger charge is 2.39. The Labute approximate surface area is 323 Å². The summed E-state index contributed by atoms with van der Waals surface area (Å²) >= 11 is 0. The number of fused-ring (bicyclic) bond motifs is 4. The Morgan fingerprint density at radius 3 is 1.96 bits per heavy atom. The number of ketones is 1. The maximum absolute atomic E-state index is 13.2. The minimum Gasteiger partial charge on any atom is -0.505 e. The lowest BCUT2D eigenvalue weighted by molar-refractivity contribution is 0.0764. The number of rotatable bonds is 7. The van der Waals surface area contributed by atoms with Crippen LogP contribution >= 0.6 is 0 Å². The number of halogens is 2. The first-order chi connectivity index (χ1) is 26.9. The summed E-state index contributed by atoms with van der Waals surface area (Å²) in [4.78, 5) is 35.4. The topological polar surface area (TPSA) is 221 Å². The first-order valence-corrected chi connectivity index (χ1v) is 20.5. The van der Waals surface area contributed by atoms with Gasteiger partial charge in [0.05, 0.1) is 47.1 Å². The Bertz CT molecular complexity index is 2900. The number of pyridine rings is 2. The van der Waals surface area contributed by atoms with E-state index in [0.29, 0.717) is 22.1 Å². The van der Waals surface area contributed by atoms with Gasteiger partial charge in [-0.2, -0.15) is 4.40 Å². The number of phenolic OH excluding ortho intramolecular Hbond substituents is 1. The number of hydrogen-bond acceptors (Lipinski definition) is 11. The zero-order valence-corrected chi connectivity index (χ0v) is 31.4. The lowest BCUT2D eigenvalue weighted by Gasteiger charge is -2.16. The van der Waals surface area contributed by atoms with Crippen LogP contribution in [-0.2, 0) is 39.7 Å². The van der Waals surface area contributed by atoms with E-state index in [4.69, 9.17) is 0 Å². The van der Waals surface area contributed by atoms with Gasteiger partial charge in [0.1, 0.15) is 22.8 Å². The van der Waals surface area contributed by atoms with E-state index in [1.54, 1.807) is 24.3 Å². The van der Waals surface area contributed by atoms with E-state index in [0.717, 1.165) is 17.1 Å². The zero-order chi connectivity index (χ0) is 41.0. The highest BCUT2D eigenvalue weighted by molar-refractivity contribution is 7.92. The van der Waals surface area contributed by atoms with Crippen molar-refractivity contribution >= 4 is 54.0 Å². The van der Waals surface area contributed by atoms with Crippen LogP contribution in [0.25, 0.3) is 10.9 Å². The van der Waals surface area contributed by atoms with Crippen molar-refractivity contribution in [1.29, 1.82) is 0 Å². The number of phenols is 1. The third kappa shape index (κ3) is 7.49. The second-order valence-electron chi connectivity index (χ2n) is 13.2. The molecule has 19 heteroatoms. The molecule has 1 aliphatic heterocycles. The molecule has 1 amide bonds. The van der Waals surface area contributed by atoms with Crippen LogP contribution in [-0.4, -0.2) is 81.5 Å². The predicted molar refractivity (Wildman–Crippen MR) is 203 cm³/mol. The lowest BCUT2D eigenvalue weighted by atomic mass is 9.89. The maximum atomic E-state index is 13.2. The van der Waals surface area contributed by atoms with Crippen molar-refractivity contribution in [2.24, 2.45) is 4.40 Å². The average Bonchev–Trinajstić information content (AvgIpc) is 3.61. The molecule has 2 aliphatic rings. The minimum absolute atomic E-state index is 0.0273. The fraction of sp³-hybridized carbons (Fsp3) is 0.132. The molecule has 57 heavy (non-hydrogen) atoms. The number of nitrogens with zero attached hydrogens (tertiary/aromatic N) is 5. The third-order valence-electron chi connectivity index (χ3n) is 9.03. The fourth-order valence-corrected chi connectivity index (χ4v) is 7.77. The number of benzene rings is 3. The molecule has 0 fully saturated rings. The van der Waals surface area contributed by atoms with Crippen molar-refractivity contribution < 1.29 is 50.5 Å². The van der Waals surface area contributed by atoms with Crippen molar-refractivity contribution in [2.45, 2.75) is 19.6 Å². The van der Waals surface area contributed by atoms with E-state index < -0.39 is 49.3 Å². The van der Waals surface area contributed by atoms with Crippen LogP contribution in [0.1, 0.15) is 54.2 Å². The summed E-state index contributed by atoms with van der Waals surface area (Å²) in [6.07, 6.45) is 4.70. The summed E-state index contributed by atoms with van der Waals surface area (Å²) in [7, 11) is -7.54. The highest BCUT2D eigenvalue weighted by atomic mass is 32.2. The summed E-state index contributed by atoms with van der Waals surface area (Å²) in [6.45, 7) is 0.200. The van der Waals surface area contributed by atoms with Gasteiger partial charge in [-0.15, -0.1) is 0 Å².